The fourth-order valence-corrected chi connectivity index (χ4v) is 2.29. The van der Waals surface area contributed by atoms with Gasteiger partial charge in [-0.1, -0.05) is 31.5 Å². The first-order chi connectivity index (χ1) is 9.33. The van der Waals surface area contributed by atoms with E-state index in [9.17, 15) is 4.79 Å². The van der Waals surface area contributed by atoms with Crippen LogP contribution < -0.4 is 4.74 Å². The molecule has 3 heteroatoms. The van der Waals surface area contributed by atoms with Crippen molar-refractivity contribution in [2.75, 3.05) is 0 Å². The Labute approximate surface area is 121 Å². The highest BCUT2D eigenvalue weighted by molar-refractivity contribution is 5.81. The van der Waals surface area contributed by atoms with Crippen LogP contribution in [0, 0.1) is 13.8 Å². The molecular formula is C17H22O3. The van der Waals surface area contributed by atoms with E-state index in [4.69, 9.17) is 9.47 Å². The van der Waals surface area contributed by atoms with Gasteiger partial charge < -0.3 is 9.47 Å². The van der Waals surface area contributed by atoms with Crippen molar-refractivity contribution >= 4 is 5.97 Å². The van der Waals surface area contributed by atoms with Gasteiger partial charge in [-0.25, -0.2) is 4.79 Å². The number of carbonyl (C=O) groups excluding carboxylic acids is 1. The molecule has 3 nitrogen and oxygen atoms in total. The Morgan fingerprint density at radius 2 is 2.15 bits per heavy atom. The molecule has 1 aliphatic heterocycles. The molecule has 0 N–H and O–H groups in total. The van der Waals surface area contributed by atoms with Crippen LogP contribution in [0.5, 0.6) is 5.75 Å². The van der Waals surface area contributed by atoms with E-state index in [0.717, 1.165) is 29.7 Å². The van der Waals surface area contributed by atoms with Gasteiger partial charge in [-0.15, -0.1) is 0 Å². The van der Waals surface area contributed by atoms with Crippen LogP contribution in [0.15, 0.2) is 18.2 Å². The number of rotatable bonds is 4. The van der Waals surface area contributed by atoms with Gasteiger partial charge in [-0.2, -0.15) is 0 Å². The minimum Gasteiger partial charge on any atom is -0.473 e. The van der Waals surface area contributed by atoms with E-state index in [1.54, 1.807) is 0 Å². The van der Waals surface area contributed by atoms with Gasteiger partial charge in [0, 0.05) is 5.56 Å². The predicted octanol–water partition coefficient (Wildman–Crippen LogP) is 3.99. The van der Waals surface area contributed by atoms with Gasteiger partial charge >= 0.3 is 5.97 Å². The largest absolute Gasteiger partial charge is 0.473 e. The van der Waals surface area contributed by atoms with Crippen LogP contribution in [0.4, 0.5) is 0 Å². The fourth-order valence-electron chi connectivity index (χ4n) is 2.29. The Morgan fingerprint density at radius 3 is 2.75 bits per heavy atom. The molecule has 0 fully saturated rings. The van der Waals surface area contributed by atoms with E-state index in [1.807, 2.05) is 39.0 Å². The van der Waals surface area contributed by atoms with Crippen molar-refractivity contribution in [3.05, 3.63) is 43.2 Å². The molecule has 2 unspecified atom stereocenters. The molecule has 1 aromatic rings. The Balaban J connectivity index is 2.15. The predicted molar refractivity (Wildman–Crippen MR) is 78.3 cm³/mol. The molecule has 0 spiro atoms. The summed E-state index contributed by atoms with van der Waals surface area (Å²) in [5.41, 5.74) is 1.44. The minimum absolute atomic E-state index is 0.141. The summed E-state index contributed by atoms with van der Waals surface area (Å²) < 4.78 is 11.0. The van der Waals surface area contributed by atoms with Crippen LogP contribution >= 0.6 is 0 Å². The van der Waals surface area contributed by atoms with Crippen molar-refractivity contribution < 1.29 is 14.3 Å². The summed E-state index contributed by atoms with van der Waals surface area (Å²) >= 11 is 0. The summed E-state index contributed by atoms with van der Waals surface area (Å²) in [5.74, 6) is 0.596. The summed E-state index contributed by atoms with van der Waals surface area (Å²) in [6, 6.07) is 5.85. The second kappa shape index (κ2) is 5.47. The van der Waals surface area contributed by atoms with Gasteiger partial charge in [-0.05, 0) is 45.6 Å². The third-order valence-corrected chi connectivity index (χ3v) is 3.21. The molecule has 0 aliphatic carbocycles. The molecule has 20 heavy (non-hydrogen) atoms. The standard InChI is InChI=1S/C17H22O3/c1-6-8-11(2)12-9-7-10-13-14(12)19-15(13)16(18)20-17(3,4)5/h7,9-11,15H,1-2,6,8H2,3-5H3. The normalized spacial score (nSPS) is 18.6. The van der Waals surface area contributed by atoms with Crippen molar-refractivity contribution in [2.24, 2.45) is 0 Å². The zero-order valence-corrected chi connectivity index (χ0v) is 12.4. The van der Waals surface area contributed by atoms with Crippen molar-refractivity contribution in [3.8, 4) is 5.75 Å². The quantitative estimate of drug-likeness (QED) is 0.779. The number of fused-ring (bicyclic) bond motifs is 1. The first-order valence-corrected chi connectivity index (χ1v) is 6.98. The van der Waals surface area contributed by atoms with E-state index >= 15 is 0 Å². The highest BCUT2D eigenvalue weighted by Crippen LogP contribution is 2.45. The van der Waals surface area contributed by atoms with Gasteiger partial charge in [0.25, 0.3) is 0 Å². The Kier molecular flexibility index (Phi) is 4.07. The van der Waals surface area contributed by atoms with Gasteiger partial charge in [0.15, 0.2) is 0 Å². The maximum atomic E-state index is 12.0. The number of benzene rings is 1. The SMILES string of the molecule is [CH2]CCC([CH2])c1cccc2c1OC2C(=O)OC(C)(C)C. The van der Waals surface area contributed by atoms with Crippen LogP contribution in [0.3, 0.4) is 0 Å². The summed E-state index contributed by atoms with van der Waals surface area (Å²) in [7, 11) is 0. The lowest BCUT2D eigenvalue weighted by atomic mass is 9.90. The summed E-state index contributed by atoms with van der Waals surface area (Å²) in [4.78, 5) is 12.0. The van der Waals surface area contributed by atoms with Crippen molar-refractivity contribution in [2.45, 2.75) is 51.2 Å². The molecule has 108 valence electrons. The van der Waals surface area contributed by atoms with Crippen molar-refractivity contribution in [3.63, 3.8) is 0 Å². The molecule has 1 aliphatic rings. The summed E-state index contributed by atoms with van der Waals surface area (Å²) in [6.07, 6.45) is 1.13. The van der Waals surface area contributed by atoms with Crippen LogP contribution in [-0.4, -0.2) is 11.6 Å². The summed E-state index contributed by atoms with van der Waals surface area (Å²) in [6.45, 7) is 13.5. The number of ether oxygens (including phenoxy) is 2. The lowest BCUT2D eigenvalue weighted by Crippen LogP contribution is -2.35. The fraction of sp³-hybridized carbons (Fsp3) is 0.471. The molecule has 1 aromatic carbocycles. The summed E-state index contributed by atoms with van der Waals surface area (Å²) in [5, 5.41) is 0. The molecule has 2 atom stereocenters. The second-order valence-corrected chi connectivity index (χ2v) is 6.14. The maximum Gasteiger partial charge on any atom is 0.352 e. The van der Waals surface area contributed by atoms with E-state index in [2.05, 4.69) is 13.8 Å². The number of hydrogen-bond donors (Lipinski definition) is 0. The molecule has 0 aromatic heterocycles. The molecule has 1 heterocycles. The van der Waals surface area contributed by atoms with Crippen LogP contribution in [0.1, 0.15) is 56.8 Å². The minimum atomic E-state index is -0.601. The van der Waals surface area contributed by atoms with E-state index in [-0.39, 0.29) is 11.9 Å². The lowest BCUT2D eigenvalue weighted by molar-refractivity contribution is -0.166. The van der Waals surface area contributed by atoms with Crippen LogP contribution in [0.2, 0.25) is 0 Å². The number of para-hydroxylation sites is 1. The number of esters is 1. The molecule has 0 saturated heterocycles. The molecular weight excluding hydrogens is 252 g/mol. The first kappa shape index (κ1) is 14.9. The molecule has 0 amide bonds. The van der Waals surface area contributed by atoms with Gasteiger partial charge in [0.1, 0.15) is 11.4 Å². The third kappa shape index (κ3) is 2.97. The average Bonchev–Trinajstić information content (AvgIpc) is 2.28. The molecule has 2 rings (SSSR count). The molecule has 0 bridgehead atoms. The van der Waals surface area contributed by atoms with E-state index in [1.165, 1.54) is 0 Å². The zero-order chi connectivity index (χ0) is 14.9. The van der Waals surface area contributed by atoms with Gasteiger partial charge in [-0.3, -0.25) is 0 Å². The first-order valence-electron chi connectivity index (χ1n) is 6.98. The highest BCUT2D eigenvalue weighted by Gasteiger charge is 2.39. The smallest absolute Gasteiger partial charge is 0.352 e. The van der Waals surface area contributed by atoms with Gasteiger partial charge in [0.2, 0.25) is 6.10 Å². The van der Waals surface area contributed by atoms with Crippen LogP contribution in [0.25, 0.3) is 0 Å². The zero-order valence-electron chi connectivity index (χ0n) is 12.4. The van der Waals surface area contributed by atoms with E-state index in [0.29, 0.717) is 0 Å². The Morgan fingerprint density at radius 1 is 1.45 bits per heavy atom. The monoisotopic (exact) mass is 274 g/mol. The van der Waals surface area contributed by atoms with Crippen molar-refractivity contribution in [1.82, 2.24) is 0 Å². The number of hydrogen-bond acceptors (Lipinski definition) is 3. The second-order valence-electron chi connectivity index (χ2n) is 6.14. The van der Waals surface area contributed by atoms with Gasteiger partial charge in [0.05, 0.1) is 0 Å². The molecule has 0 saturated carbocycles. The Hall–Kier alpha value is -1.51. The maximum absolute atomic E-state index is 12.0. The topological polar surface area (TPSA) is 35.5 Å². The van der Waals surface area contributed by atoms with Crippen molar-refractivity contribution in [1.29, 1.82) is 0 Å². The third-order valence-electron chi connectivity index (χ3n) is 3.21. The lowest BCUT2D eigenvalue weighted by Gasteiger charge is -2.34. The average molecular weight is 274 g/mol. The number of carbonyl (C=O) groups is 1. The van der Waals surface area contributed by atoms with Crippen LogP contribution in [-0.2, 0) is 9.53 Å². The Bertz CT molecular complexity index is 499. The van der Waals surface area contributed by atoms with E-state index < -0.39 is 11.7 Å². The highest BCUT2D eigenvalue weighted by atomic mass is 16.6. The molecule has 2 radical (unpaired) electrons.